The van der Waals surface area contributed by atoms with E-state index in [2.05, 4.69) is 22.1 Å². The summed E-state index contributed by atoms with van der Waals surface area (Å²) in [6.07, 6.45) is -3.15. The number of aromatic nitrogens is 2. The molecule has 1 amide bonds. The molecule has 4 rings (SSSR count). The number of hydrogen-bond donors (Lipinski definition) is 1. The number of methoxy groups -OCH3 is 2. The first kappa shape index (κ1) is 29.2. The molecule has 1 saturated carbocycles. The minimum Gasteiger partial charge on any atom is -0.465 e. The third-order valence-electron chi connectivity index (χ3n) is 6.71. The van der Waals surface area contributed by atoms with E-state index in [1.807, 2.05) is 0 Å². The van der Waals surface area contributed by atoms with Gasteiger partial charge in [0.05, 0.1) is 30.3 Å². The lowest BCUT2D eigenvalue weighted by atomic mass is 10.0. The number of ether oxygens (including phenoxy) is 2. The van der Waals surface area contributed by atoms with Crippen molar-refractivity contribution < 1.29 is 32.2 Å². The maximum atomic E-state index is 13.8. The summed E-state index contributed by atoms with van der Waals surface area (Å²) in [6.45, 7) is 3.48. The molecule has 0 radical (unpaired) electrons. The second-order valence-corrected chi connectivity index (χ2v) is 10.3. The van der Waals surface area contributed by atoms with E-state index in [1.165, 1.54) is 30.9 Å². The van der Waals surface area contributed by atoms with Crippen LogP contribution in [0.5, 0.6) is 0 Å². The lowest BCUT2D eigenvalue weighted by Gasteiger charge is -2.19. The van der Waals surface area contributed by atoms with Crippen molar-refractivity contribution in [3.63, 3.8) is 0 Å². The second-order valence-electron chi connectivity index (χ2n) is 9.93. The molecule has 0 unspecified atom stereocenters. The molecule has 11 heteroatoms. The number of hydrogen-bond acceptors (Lipinski definition) is 5. The minimum absolute atomic E-state index is 0.0110. The summed E-state index contributed by atoms with van der Waals surface area (Å²) in [5.74, 6) is 4.84. The highest BCUT2D eigenvalue weighted by molar-refractivity contribution is 6.29. The number of nitrogens with one attached hydrogen (secondary N) is 1. The molecule has 1 aromatic heterocycles. The van der Waals surface area contributed by atoms with Crippen LogP contribution in [0.25, 0.3) is 0 Å². The number of imidazole rings is 1. The Hall–Kier alpha value is -3.81. The van der Waals surface area contributed by atoms with E-state index in [-0.39, 0.29) is 23.2 Å². The molecule has 1 aliphatic carbocycles. The zero-order chi connectivity index (χ0) is 29.3. The van der Waals surface area contributed by atoms with Crippen LogP contribution in [0.2, 0.25) is 5.28 Å². The Balaban J connectivity index is 1.69. The van der Waals surface area contributed by atoms with Crippen LogP contribution in [-0.4, -0.2) is 41.2 Å². The predicted molar refractivity (Wildman–Crippen MR) is 142 cm³/mol. The van der Waals surface area contributed by atoms with E-state index in [1.54, 1.807) is 38.1 Å². The van der Waals surface area contributed by atoms with Gasteiger partial charge in [-0.05, 0) is 79.6 Å². The van der Waals surface area contributed by atoms with E-state index in [0.29, 0.717) is 24.0 Å². The quantitative estimate of drug-likeness (QED) is 0.294. The monoisotopic (exact) mass is 573 g/mol. The molecule has 0 aliphatic heterocycles. The Labute approximate surface area is 234 Å². The van der Waals surface area contributed by atoms with Gasteiger partial charge in [-0.3, -0.25) is 4.79 Å². The van der Waals surface area contributed by atoms with Gasteiger partial charge in [-0.2, -0.15) is 13.2 Å². The number of carbonyl (C=O) groups is 2. The number of carbonyl (C=O) groups excluding carboxylic acids is 2. The van der Waals surface area contributed by atoms with Crippen LogP contribution in [0.3, 0.4) is 0 Å². The highest BCUT2D eigenvalue weighted by atomic mass is 35.5. The van der Waals surface area contributed by atoms with Crippen LogP contribution in [-0.2, 0) is 27.7 Å². The van der Waals surface area contributed by atoms with Gasteiger partial charge in [0.2, 0.25) is 5.28 Å². The van der Waals surface area contributed by atoms with Gasteiger partial charge in [0.25, 0.3) is 5.91 Å². The summed E-state index contributed by atoms with van der Waals surface area (Å²) < 4.78 is 50.6. The summed E-state index contributed by atoms with van der Waals surface area (Å²) in [5.41, 5.74) is -0.437. The van der Waals surface area contributed by atoms with Gasteiger partial charge in [0.1, 0.15) is 17.0 Å². The number of alkyl halides is 3. The lowest BCUT2D eigenvalue weighted by molar-refractivity contribution is -0.137. The first-order valence-electron chi connectivity index (χ1n) is 12.3. The van der Waals surface area contributed by atoms with E-state index in [9.17, 15) is 22.8 Å². The van der Waals surface area contributed by atoms with Crippen molar-refractivity contribution in [1.29, 1.82) is 0 Å². The molecule has 0 spiro atoms. The predicted octanol–water partition coefficient (Wildman–Crippen LogP) is 5.59. The van der Waals surface area contributed by atoms with E-state index >= 15 is 0 Å². The SMILES string of the molecule is COC(=O)c1ccc(C2(NC(=O)c3c(C#CC(C)(C)OC)nc(Cl)n3Cc3ccc(C(F)(F)F)cc3)CC2)cc1. The fourth-order valence-electron chi connectivity index (χ4n) is 4.06. The Morgan fingerprint density at radius 1 is 1.07 bits per heavy atom. The maximum Gasteiger partial charge on any atom is 0.416 e. The highest BCUT2D eigenvalue weighted by Crippen LogP contribution is 2.46. The molecule has 2 aromatic carbocycles. The van der Waals surface area contributed by atoms with Gasteiger partial charge in [0.15, 0.2) is 0 Å². The molecule has 1 N–H and O–H groups in total. The van der Waals surface area contributed by atoms with Crippen molar-refractivity contribution in [2.45, 2.75) is 50.6 Å². The van der Waals surface area contributed by atoms with Crippen molar-refractivity contribution in [2.24, 2.45) is 0 Å². The Morgan fingerprint density at radius 2 is 1.70 bits per heavy atom. The molecule has 40 heavy (non-hydrogen) atoms. The van der Waals surface area contributed by atoms with E-state index < -0.39 is 34.8 Å². The smallest absolute Gasteiger partial charge is 0.416 e. The highest BCUT2D eigenvalue weighted by Gasteiger charge is 2.46. The van der Waals surface area contributed by atoms with Gasteiger partial charge in [0, 0.05) is 7.11 Å². The molecular formula is C29H27ClF3N3O4. The number of nitrogens with zero attached hydrogens (tertiary/aromatic N) is 2. The van der Waals surface area contributed by atoms with Crippen molar-refractivity contribution >= 4 is 23.5 Å². The summed E-state index contributed by atoms with van der Waals surface area (Å²) in [6, 6.07) is 11.4. The third kappa shape index (κ3) is 6.32. The molecule has 3 aromatic rings. The molecule has 7 nitrogen and oxygen atoms in total. The second kappa shape index (κ2) is 11.0. The van der Waals surface area contributed by atoms with Crippen molar-refractivity contribution in [2.75, 3.05) is 14.2 Å². The van der Waals surface area contributed by atoms with Crippen LogP contribution in [0.4, 0.5) is 13.2 Å². The largest absolute Gasteiger partial charge is 0.465 e. The normalized spacial score (nSPS) is 14.2. The lowest BCUT2D eigenvalue weighted by Crippen LogP contribution is -2.36. The summed E-state index contributed by atoms with van der Waals surface area (Å²) in [5, 5.41) is 3.02. The summed E-state index contributed by atoms with van der Waals surface area (Å²) in [7, 11) is 2.80. The Morgan fingerprint density at radius 3 is 2.23 bits per heavy atom. The fourth-order valence-corrected chi connectivity index (χ4v) is 4.29. The third-order valence-corrected chi connectivity index (χ3v) is 7.00. The fraction of sp³-hybridized carbons (Fsp3) is 0.345. The van der Waals surface area contributed by atoms with Crippen LogP contribution < -0.4 is 5.32 Å². The number of esters is 1. The van der Waals surface area contributed by atoms with Crippen LogP contribution in [0.1, 0.15) is 69.9 Å². The molecule has 0 bridgehead atoms. The molecular weight excluding hydrogens is 547 g/mol. The molecule has 210 valence electrons. The maximum absolute atomic E-state index is 13.8. The number of halogens is 4. The number of benzene rings is 2. The standard InChI is InChI=1S/C29H27ClF3N3O4/c1-27(2,40-4)14-13-22-23(36(26(30)34-22)17-18-5-9-21(10-6-18)29(31,32)33)24(37)35-28(15-16-28)20-11-7-19(8-12-20)25(38)39-3/h5-12H,15-17H2,1-4H3,(H,35,37). The van der Waals surface area contributed by atoms with E-state index in [4.69, 9.17) is 21.1 Å². The molecule has 0 saturated heterocycles. The van der Waals surface area contributed by atoms with Crippen LogP contribution in [0, 0.1) is 11.8 Å². The molecule has 1 fully saturated rings. The average Bonchev–Trinajstić information content (AvgIpc) is 3.63. The van der Waals surface area contributed by atoms with Gasteiger partial charge in [-0.1, -0.05) is 30.2 Å². The van der Waals surface area contributed by atoms with Gasteiger partial charge >= 0.3 is 12.1 Å². The van der Waals surface area contributed by atoms with Gasteiger partial charge < -0.3 is 19.4 Å². The minimum atomic E-state index is -4.47. The van der Waals surface area contributed by atoms with E-state index in [0.717, 1.165) is 17.7 Å². The topological polar surface area (TPSA) is 82.4 Å². The summed E-state index contributed by atoms with van der Waals surface area (Å²) in [4.78, 5) is 29.9. The van der Waals surface area contributed by atoms with Crippen molar-refractivity contribution in [3.05, 3.63) is 87.5 Å². The molecule has 1 heterocycles. The Bertz CT molecular complexity index is 1480. The van der Waals surface area contributed by atoms with Crippen LogP contribution >= 0.6 is 11.6 Å². The molecule has 1 aliphatic rings. The number of amides is 1. The van der Waals surface area contributed by atoms with Gasteiger partial charge in [-0.15, -0.1) is 0 Å². The van der Waals surface area contributed by atoms with Crippen molar-refractivity contribution in [1.82, 2.24) is 14.9 Å². The molecule has 0 atom stereocenters. The first-order valence-corrected chi connectivity index (χ1v) is 12.7. The van der Waals surface area contributed by atoms with Gasteiger partial charge in [-0.25, -0.2) is 9.78 Å². The average molecular weight is 574 g/mol. The number of rotatable bonds is 7. The van der Waals surface area contributed by atoms with Crippen LogP contribution in [0.15, 0.2) is 48.5 Å². The Kier molecular flexibility index (Phi) is 8.01. The zero-order valence-corrected chi connectivity index (χ0v) is 23.0. The summed E-state index contributed by atoms with van der Waals surface area (Å²) >= 11 is 6.45. The zero-order valence-electron chi connectivity index (χ0n) is 22.3. The first-order chi connectivity index (χ1) is 18.8. The van der Waals surface area contributed by atoms with Crippen molar-refractivity contribution in [3.8, 4) is 11.8 Å².